The number of amides is 1. The highest BCUT2D eigenvalue weighted by Gasteiger charge is 2.20. The topological polar surface area (TPSA) is 41.6 Å². The van der Waals surface area contributed by atoms with E-state index in [1.54, 1.807) is 0 Å². The third kappa shape index (κ3) is 7.65. The highest BCUT2D eigenvalue weighted by molar-refractivity contribution is 5.79. The van der Waals surface area contributed by atoms with Crippen LogP contribution in [0.4, 0.5) is 0 Å². The summed E-state index contributed by atoms with van der Waals surface area (Å²) in [6.07, 6.45) is 5.13. The molecule has 1 rings (SSSR count). The number of hydrogen-bond acceptors (Lipinski definition) is 3. The largest absolute Gasteiger partial charge is 0.379 e. The first-order chi connectivity index (χ1) is 9.47. The Balaban J connectivity index is 2.10. The summed E-state index contributed by atoms with van der Waals surface area (Å²) in [6.45, 7) is 13.1. The Hall–Kier alpha value is -0.870. The van der Waals surface area contributed by atoms with E-state index in [-0.39, 0.29) is 5.91 Å². The van der Waals surface area contributed by atoms with E-state index in [0.29, 0.717) is 12.6 Å². The molecular formula is C16H30N2O2. The molecule has 1 fully saturated rings. The summed E-state index contributed by atoms with van der Waals surface area (Å²) in [7, 11) is 0. The highest BCUT2D eigenvalue weighted by Crippen LogP contribution is 2.21. The fourth-order valence-electron chi connectivity index (χ4n) is 2.60. The Morgan fingerprint density at radius 3 is 2.60 bits per heavy atom. The van der Waals surface area contributed by atoms with Crippen LogP contribution in [0.2, 0.25) is 0 Å². The van der Waals surface area contributed by atoms with E-state index in [2.05, 4.69) is 30.6 Å². The molecule has 0 bridgehead atoms. The molecule has 116 valence electrons. The lowest BCUT2D eigenvalue weighted by Crippen LogP contribution is -2.41. The normalized spacial score (nSPS) is 17.4. The van der Waals surface area contributed by atoms with E-state index in [1.807, 2.05) is 6.92 Å². The number of likely N-dealkylation sites (tertiary alicyclic amines) is 1. The molecule has 0 aromatic rings. The van der Waals surface area contributed by atoms with Gasteiger partial charge in [-0.1, -0.05) is 6.58 Å². The van der Waals surface area contributed by atoms with Crippen molar-refractivity contribution in [1.82, 2.24) is 10.2 Å². The molecule has 0 spiro atoms. The van der Waals surface area contributed by atoms with Crippen molar-refractivity contribution in [3.63, 3.8) is 0 Å². The van der Waals surface area contributed by atoms with Gasteiger partial charge in [-0.2, -0.15) is 0 Å². The van der Waals surface area contributed by atoms with Gasteiger partial charge in [0.2, 0.25) is 5.91 Å². The van der Waals surface area contributed by atoms with Gasteiger partial charge in [-0.15, -0.1) is 0 Å². The molecule has 1 saturated heterocycles. The average Bonchev–Trinajstić information content (AvgIpc) is 2.35. The van der Waals surface area contributed by atoms with Crippen LogP contribution in [0.3, 0.4) is 0 Å². The lowest BCUT2D eigenvalue weighted by Gasteiger charge is -2.31. The van der Waals surface area contributed by atoms with Crippen molar-refractivity contribution < 1.29 is 9.53 Å². The number of nitrogens with one attached hydrogen (secondary N) is 1. The molecule has 0 saturated carbocycles. The molecule has 20 heavy (non-hydrogen) atoms. The van der Waals surface area contributed by atoms with Crippen LogP contribution >= 0.6 is 0 Å². The third-order valence-corrected chi connectivity index (χ3v) is 3.64. The lowest BCUT2D eigenvalue weighted by molar-refractivity contribution is -0.121. The van der Waals surface area contributed by atoms with Crippen LogP contribution in [0.25, 0.3) is 0 Å². The number of allylic oxidation sites excluding steroid dienone is 1. The summed E-state index contributed by atoms with van der Waals surface area (Å²) < 4.78 is 5.57. The van der Waals surface area contributed by atoms with Gasteiger partial charge in [0.05, 0.1) is 12.6 Å². The summed E-state index contributed by atoms with van der Waals surface area (Å²) in [5.41, 5.74) is 0.718. The first kappa shape index (κ1) is 17.2. The number of carbonyl (C=O) groups is 1. The van der Waals surface area contributed by atoms with Crippen molar-refractivity contribution in [2.24, 2.45) is 5.92 Å². The molecule has 1 amide bonds. The SMILES string of the molecule is C=C(C)NC(=O)CN1CCC(CCCOC(C)C)CC1. The van der Waals surface area contributed by atoms with Crippen molar-refractivity contribution in [1.29, 1.82) is 0 Å². The Kier molecular flexibility index (Phi) is 7.85. The molecule has 1 N–H and O–H groups in total. The van der Waals surface area contributed by atoms with Gasteiger partial charge in [-0.25, -0.2) is 0 Å². The van der Waals surface area contributed by atoms with E-state index in [4.69, 9.17) is 4.74 Å². The molecule has 4 nitrogen and oxygen atoms in total. The zero-order chi connectivity index (χ0) is 15.0. The van der Waals surface area contributed by atoms with Gasteiger partial charge in [0.15, 0.2) is 0 Å². The smallest absolute Gasteiger partial charge is 0.238 e. The van der Waals surface area contributed by atoms with E-state index in [1.165, 1.54) is 19.3 Å². The monoisotopic (exact) mass is 282 g/mol. The number of piperidine rings is 1. The molecule has 0 aliphatic carbocycles. The van der Waals surface area contributed by atoms with Crippen LogP contribution in [-0.2, 0) is 9.53 Å². The lowest BCUT2D eigenvalue weighted by atomic mass is 9.92. The first-order valence-corrected chi connectivity index (χ1v) is 7.76. The number of hydrogen-bond donors (Lipinski definition) is 1. The second-order valence-corrected chi connectivity index (χ2v) is 6.11. The predicted molar refractivity (Wildman–Crippen MR) is 82.4 cm³/mol. The third-order valence-electron chi connectivity index (χ3n) is 3.64. The average molecular weight is 282 g/mol. The van der Waals surface area contributed by atoms with Crippen molar-refractivity contribution in [2.75, 3.05) is 26.2 Å². The fraction of sp³-hybridized carbons (Fsp3) is 0.812. The van der Waals surface area contributed by atoms with Gasteiger partial charge >= 0.3 is 0 Å². The molecule has 4 heteroatoms. The van der Waals surface area contributed by atoms with Crippen LogP contribution < -0.4 is 5.32 Å². The van der Waals surface area contributed by atoms with Crippen molar-refractivity contribution in [2.45, 2.75) is 52.6 Å². The molecule has 0 unspecified atom stereocenters. The number of rotatable bonds is 8. The van der Waals surface area contributed by atoms with Gasteiger partial charge in [0, 0.05) is 12.3 Å². The van der Waals surface area contributed by atoms with Crippen LogP contribution in [0.5, 0.6) is 0 Å². The van der Waals surface area contributed by atoms with Crippen LogP contribution in [0.15, 0.2) is 12.3 Å². The van der Waals surface area contributed by atoms with E-state index in [9.17, 15) is 4.79 Å². The molecule has 1 aliphatic heterocycles. The number of nitrogens with zero attached hydrogens (tertiary/aromatic N) is 1. The molecule has 0 aromatic carbocycles. The summed E-state index contributed by atoms with van der Waals surface area (Å²) in [5.74, 6) is 0.854. The standard InChI is InChI=1S/C16H30N2O2/c1-13(2)17-16(19)12-18-9-7-15(8-10-18)6-5-11-20-14(3)4/h14-15H,1,5-12H2,2-4H3,(H,17,19). The van der Waals surface area contributed by atoms with Crippen molar-refractivity contribution >= 4 is 5.91 Å². The molecule has 0 aromatic heterocycles. The quantitative estimate of drug-likeness (QED) is 0.696. The fourth-order valence-corrected chi connectivity index (χ4v) is 2.60. The molecule has 1 heterocycles. The summed E-state index contributed by atoms with van der Waals surface area (Å²) in [5, 5.41) is 2.76. The van der Waals surface area contributed by atoms with Crippen molar-refractivity contribution in [3.8, 4) is 0 Å². The second-order valence-electron chi connectivity index (χ2n) is 6.11. The summed E-state index contributed by atoms with van der Waals surface area (Å²) in [4.78, 5) is 13.9. The van der Waals surface area contributed by atoms with Gasteiger partial charge < -0.3 is 10.1 Å². The molecular weight excluding hydrogens is 252 g/mol. The minimum Gasteiger partial charge on any atom is -0.379 e. The Labute approximate surface area is 123 Å². The van der Waals surface area contributed by atoms with Crippen LogP contribution in [-0.4, -0.2) is 43.2 Å². The maximum atomic E-state index is 11.6. The Morgan fingerprint density at radius 1 is 1.40 bits per heavy atom. The predicted octanol–water partition coefficient (Wildman–Crippen LogP) is 2.55. The minimum absolute atomic E-state index is 0.0567. The van der Waals surface area contributed by atoms with Gasteiger partial charge in [-0.05, 0) is 65.5 Å². The number of ether oxygens (including phenoxy) is 1. The minimum atomic E-state index is 0.0567. The van der Waals surface area contributed by atoms with Gasteiger partial charge in [-0.3, -0.25) is 9.69 Å². The van der Waals surface area contributed by atoms with Crippen molar-refractivity contribution in [3.05, 3.63) is 12.3 Å². The zero-order valence-corrected chi connectivity index (χ0v) is 13.3. The van der Waals surface area contributed by atoms with Gasteiger partial charge in [0.1, 0.15) is 0 Å². The maximum absolute atomic E-state index is 11.6. The molecule has 0 radical (unpaired) electrons. The van der Waals surface area contributed by atoms with E-state index in [0.717, 1.165) is 37.7 Å². The molecule has 1 aliphatic rings. The second kappa shape index (κ2) is 9.14. The van der Waals surface area contributed by atoms with Gasteiger partial charge in [0.25, 0.3) is 0 Å². The summed E-state index contributed by atoms with van der Waals surface area (Å²) in [6, 6.07) is 0. The van der Waals surface area contributed by atoms with E-state index < -0.39 is 0 Å². The van der Waals surface area contributed by atoms with Crippen LogP contribution in [0, 0.1) is 5.92 Å². The summed E-state index contributed by atoms with van der Waals surface area (Å²) >= 11 is 0. The first-order valence-electron chi connectivity index (χ1n) is 7.76. The van der Waals surface area contributed by atoms with Crippen LogP contribution in [0.1, 0.15) is 46.5 Å². The highest BCUT2D eigenvalue weighted by atomic mass is 16.5. The maximum Gasteiger partial charge on any atom is 0.238 e. The molecule has 0 atom stereocenters. The number of carbonyl (C=O) groups excluding carboxylic acids is 1. The zero-order valence-electron chi connectivity index (χ0n) is 13.3. The van der Waals surface area contributed by atoms with E-state index >= 15 is 0 Å². The Morgan fingerprint density at radius 2 is 2.05 bits per heavy atom. The Bertz CT molecular complexity index is 308.